The molecule has 18 heavy (non-hydrogen) atoms. The molecule has 0 aromatic heterocycles. The number of nitrogens with one attached hydrogen (secondary N) is 1. The molecule has 1 aromatic carbocycles. The first kappa shape index (κ1) is 15.0. The van der Waals surface area contributed by atoms with Crippen LogP contribution in [0.4, 0.5) is 14.5 Å². The third-order valence-corrected chi connectivity index (χ3v) is 3.16. The van der Waals surface area contributed by atoms with Crippen molar-refractivity contribution in [2.45, 2.75) is 19.8 Å². The second-order valence-electron chi connectivity index (χ2n) is 4.17. The van der Waals surface area contributed by atoms with E-state index < -0.39 is 11.6 Å². The second-order valence-corrected chi connectivity index (χ2v) is 5.03. The number of carbonyl (C=O) groups is 1. The lowest BCUT2D eigenvalue weighted by molar-refractivity contribution is -0.116. The highest BCUT2D eigenvalue weighted by atomic mass is 79.9. The molecule has 0 aliphatic rings. The number of amides is 1. The van der Waals surface area contributed by atoms with Gasteiger partial charge in [0.2, 0.25) is 5.91 Å². The number of halogens is 3. The van der Waals surface area contributed by atoms with Gasteiger partial charge in [0, 0.05) is 17.0 Å². The van der Waals surface area contributed by atoms with Crippen molar-refractivity contribution in [3.63, 3.8) is 0 Å². The zero-order valence-corrected chi connectivity index (χ0v) is 11.6. The molecule has 6 heteroatoms. The van der Waals surface area contributed by atoms with Crippen molar-refractivity contribution >= 4 is 27.5 Å². The molecule has 0 fully saturated rings. The van der Waals surface area contributed by atoms with E-state index in [1.54, 1.807) is 0 Å². The highest BCUT2D eigenvalue weighted by Crippen LogP contribution is 2.27. The molecule has 1 amide bonds. The van der Waals surface area contributed by atoms with Crippen LogP contribution in [0.25, 0.3) is 0 Å². The van der Waals surface area contributed by atoms with E-state index in [0.717, 1.165) is 12.1 Å². The molecular formula is C12H15BrF2N2O. The van der Waals surface area contributed by atoms with Gasteiger partial charge in [-0.05, 0) is 40.9 Å². The first-order valence-electron chi connectivity index (χ1n) is 5.58. The van der Waals surface area contributed by atoms with Crippen LogP contribution in [0, 0.1) is 17.6 Å². The molecule has 3 nitrogen and oxygen atoms in total. The maximum absolute atomic E-state index is 13.4. The van der Waals surface area contributed by atoms with E-state index in [2.05, 4.69) is 21.2 Å². The van der Waals surface area contributed by atoms with Gasteiger partial charge in [-0.15, -0.1) is 0 Å². The van der Waals surface area contributed by atoms with Gasteiger partial charge in [0.15, 0.2) is 5.82 Å². The van der Waals surface area contributed by atoms with Crippen LogP contribution < -0.4 is 11.1 Å². The fourth-order valence-corrected chi connectivity index (χ4v) is 1.87. The van der Waals surface area contributed by atoms with Crippen LogP contribution in [0.1, 0.15) is 19.8 Å². The van der Waals surface area contributed by atoms with E-state index in [1.165, 1.54) is 0 Å². The summed E-state index contributed by atoms with van der Waals surface area (Å²) < 4.78 is 26.5. The fraction of sp³-hybridized carbons (Fsp3) is 0.417. The number of hydrogen-bond donors (Lipinski definition) is 2. The number of anilines is 1. The summed E-state index contributed by atoms with van der Waals surface area (Å²) in [5.41, 5.74) is 5.39. The van der Waals surface area contributed by atoms with Gasteiger partial charge in [0.05, 0.1) is 5.69 Å². The Hall–Kier alpha value is -1.01. The van der Waals surface area contributed by atoms with Crippen LogP contribution in [-0.4, -0.2) is 12.5 Å². The Labute approximate surface area is 113 Å². The third-order valence-electron chi connectivity index (χ3n) is 2.54. The van der Waals surface area contributed by atoms with Gasteiger partial charge in [0.25, 0.3) is 0 Å². The predicted molar refractivity (Wildman–Crippen MR) is 70.1 cm³/mol. The van der Waals surface area contributed by atoms with Crippen molar-refractivity contribution in [1.29, 1.82) is 0 Å². The van der Waals surface area contributed by atoms with E-state index >= 15 is 0 Å². The zero-order valence-electron chi connectivity index (χ0n) is 9.97. The molecular weight excluding hydrogens is 306 g/mol. The fourth-order valence-electron chi connectivity index (χ4n) is 1.36. The number of hydrogen-bond acceptors (Lipinski definition) is 2. The maximum atomic E-state index is 13.4. The summed E-state index contributed by atoms with van der Waals surface area (Å²) in [6.07, 6.45) is 0.879. The van der Waals surface area contributed by atoms with Gasteiger partial charge in [-0.1, -0.05) is 6.92 Å². The van der Waals surface area contributed by atoms with Crippen LogP contribution in [0.2, 0.25) is 0 Å². The number of benzene rings is 1. The summed E-state index contributed by atoms with van der Waals surface area (Å²) in [5, 5.41) is 2.42. The quantitative estimate of drug-likeness (QED) is 0.876. The minimum atomic E-state index is -0.804. The van der Waals surface area contributed by atoms with Crippen molar-refractivity contribution in [3.8, 4) is 0 Å². The van der Waals surface area contributed by atoms with Crippen LogP contribution in [0.3, 0.4) is 0 Å². The molecule has 0 bridgehead atoms. The first-order chi connectivity index (χ1) is 8.43. The minimum absolute atomic E-state index is 0.0400. The molecule has 1 atom stereocenters. The highest BCUT2D eigenvalue weighted by molar-refractivity contribution is 9.10. The Balaban J connectivity index is 2.65. The molecule has 1 rings (SSSR count). The molecule has 0 spiro atoms. The number of carbonyl (C=O) groups excluding carboxylic acids is 1. The van der Waals surface area contributed by atoms with Crippen LogP contribution in [-0.2, 0) is 4.79 Å². The Morgan fingerprint density at radius 1 is 1.50 bits per heavy atom. The summed E-state index contributed by atoms with van der Waals surface area (Å²) >= 11 is 3.01. The van der Waals surface area contributed by atoms with Gasteiger partial charge < -0.3 is 11.1 Å². The second kappa shape index (κ2) is 6.80. The van der Waals surface area contributed by atoms with Gasteiger partial charge >= 0.3 is 0 Å². The Kier molecular flexibility index (Phi) is 5.68. The molecule has 0 aliphatic carbocycles. The molecule has 3 N–H and O–H groups in total. The van der Waals surface area contributed by atoms with Crippen molar-refractivity contribution < 1.29 is 13.6 Å². The number of nitrogens with two attached hydrogens (primary N) is 1. The average Bonchev–Trinajstić information content (AvgIpc) is 2.30. The molecule has 0 radical (unpaired) electrons. The summed E-state index contributed by atoms with van der Waals surface area (Å²) in [6.45, 7) is 2.43. The van der Waals surface area contributed by atoms with Crippen molar-refractivity contribution in [1.82, 2.24) is 0 Å². The van der Waals surface area contributed by atoms with E-state index in [4.69, 9.17) is 5.73 Å². The van der Waals surface area contributed by atoms with Crippen LogP contribution in [0.5, 0.6) is 0 Å². The van der Waals surface area contributed by atoms with Gasteiger partial charge in [-0.25, -0.2) is 8.78 Å². The van der Waals surface area contributed by atoms with Gasteiger partial charge in [-0.3, -0.25) is 4.79 Å². The Bertz CT molecular complexity index is 417. The third kappa shape index (κ3) is 4.34. The normalized spacial score (nSPS) is 12.3. The van der Waals surface area contributed by atoms with Crippen molar-refractivity contribution in [3.05, 3.63) is 28.2 Å². The monoisotopic (exact) mass is 320 g/mol. The lowest BCUT2D eigenvalue weighted by atomic mass is 10.1. The van der Waals surface area contributed by atoms with Crippen molar-refractivity contribution in [2.24, 2.45) is 11.7 Å². The summed E-state index contributed by atoms with van der Waals surface area (Å²) in [6, 6.07) is 1.82. The SMILES string of the molecule is CC(CN)CCC(=O)Nc1c(F)cc(F)cc1Br. The summed E-state index contributed by atoms with van der Waals surface area (Å²) in [7, 11) is 0. The predicted octanol–water partition coefficient (Wildman–Crippen LogP) is 3.04. The van der Waals surface area contributed by atoms with Crippen LogP contribution in [0.15, 0.2) is 16.6 Å². The molecule has 100 valence electrons. The summed E-state index contributed by atoms with van der Waals surface area (Å²) in [4.78, 5) is 11.6. The maximum Gasteiger partial charge on any atom is 0.224 e. The minimum Gasteiger partial charge on any atom is -0.330 e. The smallest absolute Gasteiger partial charge is 0.224 e. The highest BCUT2D eigenvalue weighted by Gasteiger charge is 2.13. The number of rotatable bonds is 5. The lowest BCUT2D eigenvalue weighted by Crippen LogP contribution is -2.17. The van der Waals surface area contributed by atoms with Crippen molar-refractivity contribution in [2.75, 3.05) is 11.9 Å². The van der Waals surface area contributed by atoms with E-state index in [1.807, 2.05) is 6.92 Å². The van der Waals surface area contributed by atoms with Gasteiger partial charge in [0.1, 0.15) is 5.82 Å². The largest absolute Gasteiger partial charge is 0.330 e. The Morgan fingerprint density at radius 3 is 2.72 bits per heavy atom. The molecule has 0 saturated heterocycles. The standard InChI is InChI=1S/C12H15BrF2N2O/c1-7(6-16)2-3-11(18)17-12-9(13)4-8(14)5-10(12)15/h4-5,7H,2-3,6,16H2,1H3,(H,17,18). The average molecular weight is 321 g/mol. The first-order valence-corrected chi connectivity index (χ1v) is 6.37. The molecule has 1 aromatic rings. The topological polar surface area (TPSA) is 55.1 Å². The van der Waals surface area contributed by atoms with Gasteiger partial charge in [-0.2, -0.15) is 0 Å². The van der Waals surface area contributed by atoms with E-state index in [-0.39, 0.29) is 28.4 Å². The lowest BCUT2D eigenvalue weighted by Gasteiger charge is -2.10. The molecule has 0 aliphatic heterocycles. The zero-order chi connectivity index (χ0) is 13.7. The molecule has 1 unspecified atom stereocenters. The molecule has 0 heterocycles. The van der Waals surface area contributed by atoms with Crippen LogP contribution >= 0.6 is 15.9 Å². The summed E-state index contributed by atoms with van der Waals surface area (Å²) in [5.74, 6) is -1.59. The molecule has 0 saturated carbocycles. The Morgan fingerprint density at radius 2 is 2.17 bits per heavy atom. The van der Waals surface area contributed by atoms with E-state index in [9.17, 15) is 13.6 Å². The van der Waals surface area contributed by atoms with E-state index in [0.29, 0.717) is 13.0 Å².